The first kappa shape index (κ1) is 79.1. The molecule has 0 spiro atoms. The number of hydrazone groups is 1. The molecular formula is C79H85Cl4DbN6O10P. The van der Waals surface area contributed by atoms with Gasteiger partial charge in [0, 0.05) is 70.0 Å². The number of aromatic nitrogens is 4. The quantitative estimate of drug-likeness (QED) is 0.0825. The van der Waals surface area contributed by atoms with Crippen molar-refractivity contribution in [3.8, 4) is 22.5 Å². The van der Waals surface area contributed by atoms with Gasteiger partial charge in [0.05, 0.1) is 36.5 Å². The summed E-state index contributed by atoms with van der Waals surface area (Å²) in [5.41, 5.74) is 21.3. The maximum Gasteiger partial charge on any atom is 0.339 e. The van der Waals surface area contributed by atoms with Crippen molar-refractivity contribution >= 4 is 91.4 Å². The summed E-state index contributed by atoms with van der Waals surface area (Å²) in [7, 11) is 0. The number of aryl methyl sites for hydroxylation is 8. The second kappa shape index (κ2) is 39.1. The zero-order valence-electron chi connectivity index (χ0n) is 56.1. The fourth-order valence-corrected chi connectivity index (χ4v) is 13.9. The third-order valence-electron chi connectivity index (χ3n) is 18.3. The number of aliphatic carboxylic acids is 1. The molecule has 15 rings (SSSR count). The van der Waals surface area contributed by atoms with Gasteiger partial charge in [0.1, 0.15) is 0 Å². The molecule has 1 aliphatic heterocycles. The van der Waals surface area contributed by atoms with Gasteiger partial charge in [-0.3, -0.25) is 38.1 Å². The molecular weight excluding hydrogens is 1630 g/mol. The van der Waals surface area contributed by atoms with Crippen LogP contribution >= 0.6 is 50.5 Å². The predicted octanol–water partition coefficient (Wildman–Crippen LogP) is 18.2. The minimum absolute atomic E-state index is 0. The Kier molecular flexibility index (Phi) is 30.6. The summed E-state index contributed by atoms with van der Waals surface area (Å²) < 4.78 is 14.4. The van der Waals surface area contributed by atoms with Gasteiger partial charge in [-0.1, -0.05) is 165 Å². The molecule has 0 radical (unpaired) electrons. The van der Waals surface area contributed by atoms with E-state index in [0.29, 0.717) is 41.9 Å². The molecule has 6 aliphatic carbocycles. The summed E-state index contributed by atoms with van der Waals surface area (Å²) in [5.74, 6) is -0.943. The largest absolute Gasteiger partial charge is 0.481 e. The summed E-state index contributed by atoms with van der Waals surface area (Å²) in [6.45, 7) is 2.15. The van der Waals surface area contributed by atoms with Gasteiger partial charge in [-0.05, 0) is 207 Å². The number of carboxylic acid groups (broad SMARTS) is 1. The second-order valence-corrected chi connectivity index (χ2v) is 32.2. The van der Waals surface area contributed by atoms with Crippen molar-refractivity contribution in [1.82, 2.24) is 25.8 Å². The molecule has 0 fully saturated rings. The number of carbonyl (C=O) groups excluding carboxylic acids is 5. The monoisotopic (exact) mass is 1720 g/mol. The van der Waals surface area contributed by atoms with Crippen LogP contribution in [0.4, 0.5) is 0 Å². The molecule has 0 bridgehead atoms. The molecule has 526 valence electrons. The molecule has 1 amide bonds. The number of H-pyrrole nitrogens is 1. The van der Waals surface area contributed by atoms with E-state index in [1.807, 2.05) is 84.9 Å². The average Bonchev–Trinajstić information content (AvgIpc) is 1.80. The molecule has 6 aromatic carbocycles. The van der Waals surface area contributed by atoms with Crippen molar-refractivity contribution in [2.24, 2.45) is 22.9 Å². The third kappa shape index (κ3) is 23.1. The second-order valence-electron chi connectivity index (χ2n) is 25.2. The Morgan fingerprint density at radius 2 is 0.921 bits per heavy atom. The number of ether oxygens (including phenoxy) is 1. The van der Waals surface area contributed by atoms with E-state index >= 15 is 0 Å². The van der Waals surface area contributed by atoms with Crippen LogP contribution in [0.2, 0.25) is 5.15 Å². The first-order valence-corrected chi connectivity index (χ1v) is 38.7. The number of rotatable bonds is 5. The number of carbonyl (C=O) groups is 6. The molecule has 3 N–H and O–H groups in total. The van der Waals surface area contributed by atoms with Crippen LogP contribution in [-0.2, 0) is 75.1 Å². The first-order chi connectivity index (χ1) is 47.8. The number of Topliss-reactive ketones (excluding diaryl/α,β-unsaturated/α-hetero) is 3. The SMILES string of the molecule is C.CCOC(=O)CC1CCCc2ccccc2C1=O.Clc1cc2c(nn1)-c1ccccc1CCC2.O=C(O)CC1CCCc2ccccc2C1=O.O=C1CC2CCCc3ccccc3C2=NN1.O=C1CCCCc2ccccc21.O=P(Cl)(Cl)Cl.O=c1cc2c(n[nH]1)-c1ccccc1CCC2.[Db]. The van der Waals surface area contributed by atoms with Gasteiger partial charge in [-0.15, -0.1) is 10.2 Å². The van der Waals surface area contributed by atoms with Gasteiger partial charge < -0.3 is 9.84 Å². The number of hydrogen-bond acceptors (Lipinski definition) is 13. The average molecular weight is 1720 g/mol. The Balaban J connectivity index is 0.000000167. The molecule has 0 saturated heterocycles. The number of nitrogens with one attached hydrogen (secondary N) is 2. The number of amides is 1. The summed E-state index contributed by atoms with van der Waals surface area (Å²) in [4.78, 5) is 80.7. The van der Waals surface area contributed by atoms with Crippen LogP contribution in [0.15, 0.2) is 168 Å². The van der Waals surface area contributed by atoms with Crippen LogP contribution < -0.4 is 11.0 Å². The Bertz CT molecular complexity index is 4330. The van der Waals surface area contributed by atoms with E-state index in [1.165, 1.54) is 38.9 Å². The molecule has 22 heteroatoms. The maximum absolute atomic E-state index is 12.4. The fourth-order valence-electron chi connectivity index (χ4n) is 13.7. The number of aromatic amines is 1. The standard InChI is InChI=1S/C15H18O3.C13H11ClN2.C13H14N2O.C13H12N2O.C13H14O3.C11H12O.CH4.Cl3OP.Db/c1-2-18-14(16)10-12-8-5-7-11-6-3-4-9-13(11)15(12)17;14-12-8-10-6-3-5-9-4-1-2-7-11(9)13(10)16-15-12;2*16-12-8-10-6-3-5-9-4-1-2-7-11(9)13(10)15-14-12;14-12(15)8-10-6-3-5-9-4-1-2-7-11(9)13(10)16;12-11-8-4-2-6-9-5-1-3-7-10(9)11;;1-5(2,3)4;/h3-4,6,9,12H,2,5,7-8,10H2,1H3;1-2,4,7-8H,3,5-6H2;1-2,4,7,10H,3,5-6,8H2,(H,14,16);1-2,4,7-8H,3,5-6H2,(H,14,16);1-2,4,7,10H,3,5-6,8H2,(H,14,15);1,3,5,7H,2,4,6,8H2;1H4;;. The van der Waals surface area contributed by atoms with Crippen molar-refractivity contribution in [2.45, 2.75) is 156 Å². The smallest absolute Gasteiger partial charge is 0.339 e. The van der Waals surface area contributed by atoms with Crippen LogP contribution in [0.1, 0.15) is 185 Å². The molecule has 3 unspecified atom stereocenters. The fraction of sp³-hybridized carbons (Fsp3) is 0.354. The number of ketones is 3. The molecule has 2 aromatic heterocycles. The number of nitrogens with zero attached hydrogens (tertiary/aromatic N) is 4. The minimum Gasteiger partial charge on any atom is -0.481 e. The van der Waals surface area contributed by atoms with E-state index in [9.17, 15) is 38.1 Å². The van der Waals surface area contributed by atoms with Crippen molar-refractivity contribution in [3.63, 3.8) is 0 Å². The molecule has 7 aliphatic rings. The van der Waals surface area contributed by atoms with Crippen molar-refractivity contribution in [2.75, 3.05) is 6.61 Å². The molecule has 3 heterocycles. The zero-order chi connectivity index (χ0) is 70.3. The van der Waals surface area contributed by atoms with Crippen LogP contribution in [0.5, 0.6) is 0 Å². The van der Waals surface area contributed by atoms with Gasteiger partial charge in [0.15, 0.2) is 22.5 Å². The number of halogens is 4. The Hall–Kier alpha value is -9.24. The normalized spacial score (nSPS) is 17.2. The molecule has 0 saturated carbocycles. The van der Waals surface area contributed by atoms with Crippen molar-refractivity contribution in [1.29, 1.82) is 0 Å². The zero-order valence-corrected chi connectivity index (χ0v) is 66.4. The maximum atomic E-state index is 12.4. The Morgan fingerprint density at radius 3 is 1.46 bits per heavy atom. The van der Waals surface area contributed by atoms with E-state index in [0.717, 1.165) is 166 Å². The summed E-state index contributed by atoms with van der Waals surface area (Å²) >= 11 is 19.7. The van der Waals surface area contributed by atoms with Gasteiger partial charge in [0.25, 0.3) is 5.56 Å². The Morgan fingerprint density at radius 1 is 0.515 bits per heavy atom. The summed E-state index contributed by atoms with van der Waals surface area (Å²) in [6, 6.07) is 51.9. The molecule has 8 aromatic rings. The third-order valence-corrected chi connectivity index (χ3v) is 18.5. The van der Waals surface area contributed by atoms with Crippen molar-refractivity contribution < 1.29 is 43.2 Å². The van der Waals surface area contributed by atoms with E-state index in [-0.39, 0.29) is 61.1 Å². The van der Waals surface area contributed by atoms with Crippen molar-refractivity contribution in [3.05, 3.63) is 240 Å². The first-order valence-electron chi connectivity index (χ1n) is 33.9. The van der Waals surface area contributed by atoms with Crippen LogP contribution in [0, 0.1) is 17.8 Å². The van der Waals surface area contributed by atoms with Crippen LogP contribution in [0.3, 0.4) is 0 Å². The van der Waals surface area contributed by atoms with E-state index in [4.69, 9.17) is 21.4 Å². The topological polar surface area (TPSA) is 245 Å². The van der Waals surface area contributed by atoms with E-state index < -0.39 is 11.2 Å². The van der Waals surface area contributed by atoms with Crippen LogP contribution in [-0.4, -0.2) is 73.0 Å². The Labute approximate surface area is 604 Å². The van der Waals surface area contributed by atoms with Gasteiger partial charge in [-0.25, -0.2) is 10.5 Å². The summed E-state index contributed by atoms with van der Waals surface area (Å²) in [5, 5.41) is 25.2. The molecule has 3 atom stereocenters. The van der Waals surface area contributed by atoms with Gasteiger partial charge in [-0.2, -0.15) is 10.2 Å². The van der Waals surface area contributed by atoms with Gasteiger partial charge >= 0.3 is 17.1 Å². The number of benzene rings is 6. The van der Waals surface area contributed by atoms with E-state index in [1.54, 1.807) is 19.1 Å². The van der Waals surface area contributed by atoms with Crippen LogP contribution in [0.25, 0.3) is 22.5 Å². The summed E-state index contributed by atoms with van der Waals surface area (Å²) in [6.07, 6.45) is 19.5. The molecule has 101 heavy (non-hydrogen) atoms. The molecule has 16 nitrogen and oxygen atoms in total. The number of carboxylic acids is 1. The number of fused-ring (bicyclic) bond motifs is 12. The van der Waals surface area contributed by atoms with Gasteiger partial charge in [0.2, 0.25) is 5.91 Å². The predicted molar refractivity (Wildman–Crippen MR) is 397 cm³/mol. The van der Waals surface area contributed by atoms with E-state index in [2.05, 4.69) is 125 Å². The number of esters is 1. The number of hydrogen-bond donors (Lipinski definition) is 3. The minimum atomic E-state index is -3.22.